The molecule has 1 saturated heterocycles. The molecule has 2 atom stereocenters. The highest BCUT2D eigenvalue weighted by atomic mass is 35.5. The molecule has 1 saturated carbocycles. The van der Waals surface area contributed by atoms with Crippen molar-refractivity contribution in [3.63, 3.8) is 0 Å². The molecule has 5 nitrogen and oxygen atoms in total. The van der Waals surface area contributed by atoms with Crippen LogP contribution >= 0.6 is 23.2 Å². The first-order valence-corrected chi connectivity index (χ1v) is 12.5. The Kier molecular flexibility index (Phi) is 7.62. The summed E-state index contributed by atoms with van der Waals surface area (Å²) in [5.41, 5.74) is 2.01. The van der Waals surface area contributed by atoms with E-state index in [0.29, 0.717) is 33.7 Å². The van der Waals surface area contributed by atoms with Crippen molar-refractivity contribution >= 4 is 40.7 Å². The highest BCUT2D eigenvalue weighted by Gasteiger charge is 2.37. The van der Waals surface area contributed by atoms with Gasteiger partial charge in [-0.3, -0.25) is 14.5 Å². The quantitative estimate of drug-likeness (QED) is 0.574. The average Bonchev–Trinajstić information content (AvgIpc) is 3.31. The van der Waals surface area contributed by atoms with Crippen molar-refractivity contribution in [2.75, 3.05) is 18.4 Å². The van der Waals surface area contributed by atoms with E-state index in [4.69, 9.17) is 23.2 Å². The Labute approximate surface area is 206 Å². The zero-order valence-electron chi connectivity index (χ0n) is 19.2. The standard InChI is InChI=1S/C26H31Cl2N3O2/c1-17-14-30(15-18(2)31(17)26(33)19-7-3-4-8-19)16-21-10-6-12-23(24(21)28)29-25(32)20-9-5-11-22(27)13-20/h5-6,9-13,17-19H,3-4,7-8,14-16H2,1-2H3,(H,29,32)/t17-,18+. The molecule has 0 aromatic heterocycles. The molecule has 33 heavy (non-hydrogen) atoms. The smallest absolute Gasteiger partial charge is 0.255 e. The van der Waals surface area contributed by atoms with Gasteiger partial charge in [0.05, 0.1) is 10.7 Å². The Morgan fingerprint density at radius 1 is 1.00 bits per heavy atom. The number of carbonyl (C=O) groups excluding carboxylic acids is 2. The minimum Gasteiger partial charge on any atom is -0.334 e. The van der Waals surface area contributed by atoms with Gasteiger partial charge in [0.25, 0.3) is 5.91 Å². The second-order valence-electron chi connectivity index (χ2n) is 9.36. The van der Waals surface area contributed by atoms with E-state index < -0.39 is 0 Å². The summed E-state index contributed by atoms with van der Waals surface area (Å²) >= 11 is 12.7. The van der Waals surface area contributed by atoms with Gasteiger partial charge in [0, 0.05) is 48.2 Å². The van der Waals surface area contributed by atoms with Crippen molar-refractivity contribution in [3.05, 3.63) is 63.6 Å². The summed E-state index contributed by atoms with van der Waals surface area (Å²) in [5.74, 6) is 0.282. The van der Waals surface area contributed by atoms with E-state index in [9.17, 15) is 9.59 Å². The molecule has 0 spiro atoms. The van der Waals surface area contributed by atoms with Crippen LogP contribution in [0.25, 0.3) is 0 Å². The number of piperazine rings is 1. The molecule has 4 rings (SSSR count). The Bertz CT molecular complexity index is 1010. The lowest BCUT2D eigenvalue weighted by atomic mass is 10.0. The van der Waals surface area contributed by atoms with Gasteiger partial charge in [-0.2, -0.15) is 0 Å². The zero-order valence-corrected chi connectivity index (χ0v) is 20.7. The summed E-state index contributed by atoms with van der Waals surface area (Å²) in [4.78, 5) is 30.2. The minimum absolute atomic E-state index is 0.159. The van der Waals surface area contributed by atoms with Gasteiger partial charge in [0.15, 0.2) is 0 Å². The third-order valence-corrected chi connectivity index (χ3v) is 7.44. The van der Waals surface area contributed by atoms with Crippen LogP contribution in [0.5, 0.6) is 0 Å². The molecule has 2 fully saturated rings. The van der Waals surface area contributed by atoms with E-state index in [0.717, 1.165) is 31.5 Å². The summed E-state index contributed by atoms with van der Waals surface area (Å²) in [5, 5.41) is 3.95. The van der Waals surface area contributed by atoms with Crippen molar-refractivity contribution in [1.29, 1.82) is 0 Å². The van der Waals surface area contributed by atoms with Crippen LogP contribution in [0.3, 0.4) is 0 Å². The van der Waals surface area contributed by atoms with Gasteiger partial charge in [-0.25, -0.2) is 0 Å². The predicted molar refractivity (Wildman–Crippen MR) is 134 cm³/mol. The van der Waals surface area contributed by atoms with Crippen LogP contribution in [-0.2, 0) is 11.3 Å². The first-order chi connectivity index (χ1) is 15.8. The highest BCUT2D eigenvalue weighted by molar-refractivity contribution is 6.34. The molecule has 1 N–H and O–H groups in total. The fraction of sp³-hybridized carbons (Fsp3) is 0.462. The van der Waals surface area contributed by atoms with E-state index in [2.05, 4.69) is 29.0 Å². The molecule has 7 heteroatoms. The van der Waals surface area contributed by atoms with Gasteiger partial charge < -0.3 is 10.2 Å². The lowest BCUT2D eigenvalue weighted by molar-refractivity contribution is -0.143. The maximum atomic E-state index is 13.1. The SMILES string of the molecule is C[C@@H]1CN(Cc2cccc(NC(=O)c3cccc(Cl)c3)c2Cl)C[C@H](C)N1C(=O)C1CCCC1. The summed E-state index contributed by atoms with van der Waals surface area (Å²) in [7, 11) is 0. The molecule has 1 heterocycles. The Morgan fingerprint density at radius 3 is 2.33 bits per heavy atom. The highest BCUT2D eigenvalue weighted by Crippen LogP contribution is 2.31. The molecular weight excluding hydrogens is 457 g/mol. The number of hydrogen-bond acceptors (Lipinski definition) is 3. The molecule has 2 aromatic rings. The van der Waals surface area contributed by atoms with Crippen LogP contribution in [0.1, 0.15) is 55.5 Å². The maximum Gasteiger partial charge on any atom is 0.255 e. The lowest BCUT2D eigenvalue weighted by Crippen LogP contribution is -2.59. The van der Waals surface area contributed by atoms with E-state index in [1.807, 2.05) is 12.1 Å². The maximum absolute atomic E-state index is 13.1. The molecule has 0 unspecified atom stereocenters. The molecule has 0 radical (unpaired) electrons. The largest absolute Gasteiger partial charge is 0.334 e. The second kappa shape index (κ2) is 10.5. The van der Waals surface area contributed by atoms with Gasteiger partial charge in [-0.15, -0.1) is 0 Å². The van der Waals surface area contributed by atoms with Crippen LogP contribution in [0.15, 0.2) is 42.5 Å². The van der Waals surface area contributed by atoms with Gasteiger partial charge in [-0.05, 0) is 56.5 Å². The number of hydrogen-bond donors (Lipinski definition) is 1. The molecule has 2 aliphatic rings. The molecule has 176 valence electrons. The van der Waals surface area contributed by atoms with Gasteiger partial charge >= 0.3 is 0 Å². The normalized spacial score (nSPS) is 21.9. The Hall–Kier alpha value is -2.08. The number of halogens is 2. The first-order valence-electron chi connectivity index (χ1n) is 11.7. The summed E-state index contributed by atoms with van der Waals surface area (Å²) in [6.07, 6.45) is 4.40. The molecule has 2 amide bonds. The second-order valence-corrected chi connectivity index (χ2v) is 10.2. The number of carbonyl (C=O) groups is 2. The fourth-order valence-corrected chi connectivity index (χ4v) is 5.67. The van der Waals surface area contributed by atoms with Crippen molar-refractivity contribution in [3.8, 4) is 0 Å². The van der Waals surface area contributed by atoms with Crippen molar-refractivity contribution in [1.82, 2.24) is 9.80 Å². The Balaban J connectivity index is 1.42. The fourth-order valence-electron chi connectivity index (χ4n) is 5.24. The molecule has 0 bridgehead atoms. The Morgan fingerprint density at radius 2 is 1.67 bits per heavy atom. The van der Waals surface area contributed by atoms with Crippen molar-refractivity contribution < 1.29 is 9.59 Å². The zero-order chi connectivity index (χ0) is 23.5. The summed E-state index contributed by atoms with van der Waals surface area (Å²) < 4.78 is 0. The average molecular weight is 488 g/mol. The minimum atomic E-state index is -0.252. The molecule has 1 aliphatic carbocycles. The van der Waals surface area contributed by atoms with Crippen LogP contribution in [0.2, 0.25) is 10.0 Å². The topological polar surface area (TPSA) is 52.7 Å². The number of nitrogens with one attached hydrogen (secondary N) is 1. The van der Waals surface area contributed by atoms with Crippen LogP contribution < -0.4 is 5.32 Å². The number of rotatable bonds is 5. The van der Waals surface area contributed by atoms with Crippen molar-refractivity contribution in [2.45, 2.75) is 58.2 Å². The number of anilines is 1. The number of benzene rings is 2. The molecule has 1 aliphatic heterocycles. The first kappa shape index (κ1) is 24.1. The van der Waals surface area contributed by atoms with Crippen LogP contribution in [0.4, 0.5) is 5.69 Å². The van der Waals surface area contributed by atoms with E-state index in [1.54, 1.807) is 30.3 Å². The molecule has 2 aromatic carbocycles. The lowest BCUT2D eigenvalue weighted by Gasteiger charge is -2.45. The summed E-state index contributed by atoms with van der Waals surface area (Å²) in [6, 6.07) is 12.8. The summed E-state index contributed by atoms with van der Waals surface area (Å²) in [6.45, 7) is 6.55. The third-order valence-electron chi connectivity index (χ3n) is 6.76. The van der Waals surface area contributed by atoms with Gasteiger partial charge in [0.2, 0.25) is 5.91 Å². The number of nitrogens with zero attached hydrogens (tertiary/aromatic N) is 2. The monoisotopic (exact) mass is 487 g/mol. The van der Waals surface area contributed by atoms with Crippen molar-refractivity contribution in [2.24, 2.45) is 5.92 Å². The van der Waals surface area contributed by atoms with E-state index in [1.165, 1.54) is 12.8 Å². The number of amides is 2. The van der Waals surface area contributed by atoms with Crippen LogP contribution in [-0.4, -0.2) is 46.8 Å². The third kappa shape index (κ3) is 5.53. The predicted octanol–water partition coefficient (Wildman–Crippen LogP) is 5.86. The van der Waals surface area contributed by atoms with Crippen LogP contribution in [0, 0.1) is 5.92 Å². The molecular formula is C26H31Cl2N3O2. The van der Waals surface area contributed by atoms with Gasteiger partial charge in [-0.1, -0.05) is 54.2 Å². The van der Waals surface area contributed by atoms with E-state index >= 15 is 0 Å². The van der Waals surface area contributed by atoms with E-state index in [-0.39, 0.29) is 23.9 Å². The van der Waals surface area contributed by atoms with Gasteiger partial charge in [0.1, 0.15) is 0 Å².